The number of benzene rings is 2. The standard InChI is InChI=1S/C24H21NO5/c1-14(30-21(26)12-15-6-2-3-7-15)24(29)25-16-10-11-19-20(13-16)23(28)18-9-5-4-8-17(18)22(19)27/h2,4-6,8-11,13-15H,3,7,12H2,1H3,(H,25,29)/t14-,15-/m0/s1. The fraction of sp³-hybridized carbons (Fsp3) is 0.250. The minimum Gasteiger partial charge on any atom is -0.453 e. The van der Waals surface area contributed by atoms with E-state index in [0.717, 1.165) is 12.8 Å². The fourth-order valence-corrected chi connectivity index (χ4v) is 3.80. The number of esters is 1. The smallest absolute Gasteiger partial charge is 0.307 e. The Balaban J connectivity index is 1.44. The van der Waals surface area contributed by atoms with Crippen molar-refractivity contribution in [2.75, 3.05) is 5.32 Å². The minimum atomic E-state index is -0.975. The number of hydrogen-bond acceptors (Lipinski definition) is 5. The van der Waals surface area contributed by atoms with Crippen molar-refractivity contribution in [2.24, 2.45) is 5.92 Å². The van der Waals surface area contributed by atoms with E-state index < -0.39 is 18.0 Å². The van der Waals surface area contributed by atoms with Crippen molar-refractivity contribution in [3.05, 3.63) is 76.9 Å². The van der Waals surface area contributed by atoms with Gasteiger partial charge in [-0.2, -0.15) is 0 Å². The Hall–Kier alpha value is -3.54. The van der Waals surface area contributed by atoms with E-state index in [2.05, 4.69) is 5.32 Å². The zero-order valence-corrected chi connectivity index (χ0v) is 16.5. The molecule has 0 saturated heterocycles. The zero-order valence-electron chi connectivity index (χ0n) is 16.5. The highest BCUT2D eigenvalue weighted by Crippen LogP contribution is 2.29. The van der Waals surface area contributed by atoms with Crippen molar-refractivity contribution in [3.8, 4) is 0 Å². The van der Waals surface area contributed by atoms with Gasteiger partial charge in [0, 0.05) is 27.9 Å². The van der Waals surface area contributed by atoms with Crippen molar-refractivity contribution in [3.63, 3.8) is 0 Å². The average Bonchev–Trinajstić information content (AvgIpc) is 3.24. The van der Waals surface area contributed by atoms with Gasteiger partial charge in [0.1, 0.15) is 0 Å². The molecule has 0 aromatic heterocycles. The maximum atomic E-state index is 12.8. The first kappa shape index (κ1) is 19.8. The Morgan fingerprint density at radius 2 is 1.70 bits per heavy atom. The van der Waals surface area contributed by atoms with E-state index in [9.17, 15) is 19.2 Å². The molecule has 2 aromatic carbocycles. The second kappa shape index (κ2) is 8.06. The van der Waals surface area contributed by atoms with Crippen LogP contribution in [0, 0.1) is 5.92 Å². The van der Waals surface area contributed by atoms with Crippen molar-refractivity contribution >= 4 is 29.1 Å². The van der Waals surface area contributed by atoms with Gasteiger partial charge in [0.15, 0.2) is 17.7 Å². The van der Waals surface area contributed by atoms with Gasteiger partial charge >= 0.3 is 5.97 Å². The monoisotopic (exact) mass is 403 g/mol. The van der Waals surface area contributed by atoms with Crippen LogP contribution >= 0.6 is 0 Å². The summed E-state index contributed by atoms with van der Waals surface area (Å²) in [5, 5.41) is 2.66. The van der Waals surface area contributed by atoms with Crippen LogP contribution in [-0.4, -0.2) is 29.5 Å². The molecule has 0 saturated carbocycles. The topological polar surface area (TPSA) is 89.5 Å². The molecule has 6 nitrogen and oxygen atoms in total. The first-order valence-corrected chi connectivity index (χ1v) is 9.93. The van der Waals surface area contributed by atoms with Crippen molar-refractivity contribution in [1.82, 2.24) is 0 Å². The number of hydrogen-bond donors (Lipinski definition) is 1. The summed E-state index contributed by atoms with van der Waals surface area (Å²) in [5.41, 5.74) is 1.64. The minimum absolute atomic E-state index is 0.167. The third-order valence-electron chi connectivity index (χ3n) is 5.41. The van der Waals surface area contributed by atoms with E-state index in [0.29, 0.717) is 22.4 Å². The summed E-state index contributed by atoms with van der Waals surface area (Å²) in [6, 6.07) is 11.3. The molecule has 1 N–H and O–H groups in total. The predicted molar refractivity (Wildman–Crippen MR) is 110 cm³/mol. The van der Waals surface area contributed by atoms with Crippen LogP contribution in [0.3, 0.4) is 0 Å². The summed E-state index contributed by atoms with van der Waals surface area (Å²) < 4.78 is 5.24. The second-order valence-corrected chi connectivity index (χ2v) is 7.56. The van der Waals surface area contributed by atoms with Gasteiger partial charge in [0.2, 0.25) is 0 Å². The number of amides is 1. The number of ether oxygens (including phenoxy) is 1. The van der Waals surface area contributed by atoms with Gasteiger partial charge in [-0.05, 0) is 43.9 Å². The van der Waals surface area contributed by atoms with Crippen molar-refractivity contribution < 1.29 is 23.9 Å². The van der Waals surface area contributed by atoms with E-state index in [1.54, 1.807) is 30.3 Å². The number of anilines is 1. The number of ketones is 2. The maximum absolute atomic E-state index is 12.8. The van der Waals surface area contributed by atoms with Crippen LogP contribution in [-0.2, 0) is 14.3 Å². The lowest BCUT2D eigenvalue weighted by molar-refractivity contribution is -0.153. The number of rotatable bonds is 5. The Morgan fingerprint density at radius 1 is 1.03 bits per heavy atom. The van der Waals surface area contributed by atoms with E-state index in [1.807, 2.05) is 12.2 Å². The Labute approximate surface area is 173 Å². The van der Waals surface area contributed by atoms with Crippen LogP contribution in [0.15, 0.2) is 54.6 Å². The van der Waals surface area contributed by atoms with Gasteiger partial charge in [-0.25, -0.2) is 0 Å². The lowest BCUT2D eigenvalue weighted by Gasteiger charge is -2.19. The number of fused-ring (bicyclic) bond motifs is 2. The van der Waals surface area contributed by atoms with Crippen LogP contribution in [0.1, 0.15) is 58.0 Å². The summed E-state index contributed by atoms with van der Waals surface area (Å²) in [4.78, 5) is 49.9. The van der Waals surface area contributed by atoms with E-state index in [-0.39, 0.29) is 29.5 Å². The van der Waals surface area contributed by atoms with Crippen LogP contribution in [0.4, 0.5) is 5.69 Å². The van der Waals surface area contributed by atoms with Gasteiger partial charge in [0.25, 0.3) is 5.91 Å². The largest absolute Gasteiger partial charge is 0.453 e. The quantitative estimate of drug-likeness (QED) is 0.518. The lowest BCUT2D eigenvalue weighted by Crippen LogP contribution is -2.30. The SMILES string of the molecule is C[C@H](OC(=O)C[C@H]1C=CCC1)C(=O)Nc1ccc2c(c1)C(=O)c1ccccc1C2=O. The second-order valence-electron chi connectivity index (χ2n) is 7.56. The summed E-state index contributed by atoms with van der Waals surface area (Å²) in [5.74, 6) is -1.24. The molecule has 1 amide bonds. The fourth-order valence-electron chi connectivity index (χ4n) is 3.80. The number of carbonyl (C=O) groups excluding carboxylic acids is 4. The molecule has 152 valence electrons. The summed E-state index contributed by atoms with van der Waals surface area (Å²) >= 11 is 0. The number of carbonyl (C=O) groups is 4. The van der Waals surface area contributed by atoms with Gasteiger partial charge in [-0.3, -0.25) is 19.2 Å². The average molecular weight is 403 g/mol. The van der Waals surface area contributed by atoms with Crippen LogP contribution < -0.4 is 5.32 Å². The van der Waals surface area contributed by atoms with Crippen LogP contribution in [0.5, 0.6) is 0 Å². The van der Waals surface area contributed by atoms with Crippen molar-refractivity contribution in [2.45, 2.75) is 32.3 Å². The first-order chi connectivity index (χ1) is 14.4. The predicted octanol–water partition coefficient (Wildman–Crippen LogP) is 3.69. The number of nitrogens with one attached hydrogen (secondary N) is 1. The molecular formula is C24H21NO5. The Kier molecular flexibility index (Phi) is 5.31. The van der Waals surface area contributed by atoms with Gasteiger partial charge < -0.3 is 10.1 Å². The molecule has 4 rings (SSSR count). The van der Waals surface area contributed by atoms with Gasteiger partial charge in [-0.15, -0.1) is 0 Å². The highest BCUT2D eigenvalue weighted by atomic mass is 16.5. The summed E-state index contributed by atoms with van der Waals surface area (Å²) in [6.07, 6.45) is 5.18. The highest BCUT2D eigenvalue weighted by Gasteiger charge is 2.30. The molecule has 6 heteroatoms. The normalized spacial score (nSPS) is 17.8. The Bertz CT molecular complexity index is 1080. The molecule has 30 heavy (non-hydrogen) atoms. The Morgan fingerprint density at radius 3 is 2.37 bits per heavy atom. The maximum Gasteiger partial charge on any atom is 0.307 e. The first-order valence-electron chi connectivity index (χ1n) is 9.93. The molecule has 2 aliphatic rings. The van der Waals surface area contributed by atoms with E-state index >= 15 is 0 Å². The zero-order chi connectivity index (χ0) is 21.3. The molecular weight excluding hydrogens is 382 g/mol. The molecule has 0 aliphatic heterocycles. The summed E-state index contributed by atoms with van der Waals surface area (Å²) in [6.45, 7) is 1.50. The van der Waals surface area contributed by atoms with Gasteiger partial charge in [0.05, 0.1) is 6.42 Å². The third-order valence-corrected chi connectivity index (χ3v) is 5.41. The third kappa shape index (κ3) is 3.81. The molecule has 0 fully saturated rings. The molecule has 0 unspecified atom stereocenters. The highest BCUT2D eigenvalue weighted by molar-refractivity contribution is 6.28. The molecule has 0 radical (unpaired) electrons. The molecule has 2 atom stereocenters. The number of allylic oxidation sites excluding steroid dienone is 2. The van der Waals surface area contributed by atoms with Gasteiger partial charge in [-0.1, -0.05) is 36.4 Å². The molecule has 0 heterocycles. The lowest BCUT2D eigenvalue weighted by atomic mass is 9.84. The molecule has 2 aromatic rings. The van der Waals surface area contributed by atoms with Crippen molar-refractivity contribution in [1.29, 1.82) is 0 Å². The van der Waals surface area contributed by atoms with Crippen LogP contribution in [0.25, 0.3) is 0 Å². The molecule has 0 spiro atoms. The molecule has 2 aliphatic carbocycles. The van der Waals surface area contributed by atoms with E-state index in [1.165, 1.54) is 19.1 Å². The van der Waals surface area contributed by atoms with Crippen LogP contribution in [0.2, 0.25) is 0 Å². The molecule has 0 bridgehead atoms. The summed E-state index contributed by atoms with van der Waals surface area (Å²) in [7, 11) is 0. The van der Waals surface area contributed by atoms with E-state index in [4.69, 9.17) is 4.74 Å².